The molecule has 1 heterocycles. The van der Waals surface area contributed by atoms with Gasteiger partial charge in [-0.1, -0.05) is 141 Å². The first-order valence-electron chi connectivity index (χ1n) is 22.6. The molecule has 0 radical (unpaired) electrons. The Labute approximate surface area is 346 Å². The van der Waals surface area contributed by atoms with Crippen LogP contribution < -0.4 is 0 Å². The lowest BCUT2D eigenvalue weighted by atomic mass is 9.99. The molecule has 57 heavy (non-hydrogen) atoms. The summed E-state index contributed by atoms with van der Waals surface area (Å²) in [5.74, 6) is -0.409. The van der Waals surface area contributed by atoms with Crippen molar-refractivity contribution in [3.8, 4) is 0 Å². The summed E-state index contributed by atoms with van der Waals surface area (Å²) in [6, 6.07) is 0. The van der Waals surface area contributed by atoms with E-state index in [1.165, 1.54) is 96.3 Å². The van der Waals surface area contributed by atoms with Gasteiger partial charge in [0.1, 0.15) is 30.5 Å². The number of esters is 1. The smallest absolute Gasteiger partial charge is 0.397 e. The Morgan fingerprint density at radius 1 is 0.649 bits per heavy atom. The number of rotatable bonds is 39. The van der Waals surface area contributed by atoms with E-state index in [-0.39, 0.29) is 19.6 Å². The molecule has 0 aromatic rings. The summed E-state index contributed by atoms with van der Waals surface area (Å²) in [6.07, 6.45) is 30.6. The first-order valence-corrected chi connectivity index (χ1v) is 24.0. The summed E-state index contributed by atoms with van der Waals surface area (Å²) in [7, 11) is -5.06. The van der Waals surface area contributed by atoms with Crippen LogP contribution in [0.2, 0.25) is 0 Å². The zero-order valence-corrected chi connectivity index (χ0v) is 36.5. The van der Waals surface area contributed by atoms with E-state index >= 15 is 0 Å². The number of carbonyl (C=O) groups excluding carboxylic acids is 1. The van der Waals surface area contributed by atoms with Gasteiger partial charge in [-0.25, -0.2) is 4.18 Å². The summed E-state index contributed by atoms with van der Waals surface area (Å²) < 4.78 is 59.0. The molecular weight excluding hydrogens is 753 g/mol. The zero-order valence-electron chi connectivity index (χ0n) is 35.7. The average molecular weight is 835 g/mol. The third-order valence-electron chi connectivity index (χ3n) is 10.3. The van der Waals surface area contributed by atoms with Gasteiger partial charge >= 0.3 is 16.4 Å². The molecule has 1 fully saturated rings. The minimum atomic E-state index is -5.06. The lowest BCUT2D eigenvalue weighted by Gasteiger charge is -2.41. The Balaban J connectivity index is 2.44. The molecule has 0 aliphatic carbocycles. The van der Waals surface area contributed by atoms with E-state index in [0.29, 0.717) is 13.0 Å². The van der Waals surface area contributed by atoms with Gasteiger partial charge in [0.05, 0.1) is 19.8 Å². The van der Waals surface area contributed by atoms with Crippen LogP contribution in [0.15, 0.2) is 24.3 Å². The topological polar surface area (TPSA) is 178 Å². The molecule has 0 amide bonds. The van der Waals surface area contributed by atoms with Gasteiger partial charge in [-0.05, 0) is 64.2 Å². The maximum Gasteiger partial charge on any atom is 0.397 e. The number of allylic oxidation sites excluding steroid dienone is 4. The molecule has 1 aliphatic heterocycles. The van der Waals surface area contributed by atoms with Crippen molar-refractivity contribution in [1.82, 2.24) is 0 Å². The Morgan fingerprint density at radius 2 is 1.11 bits per heavy atom. The Hall–Kier alpha value is -1.42. The van der Waals surface area contributed by atoms with E-state index < -0.39 is 59.8 Å². The van der Waals surface area contributed by atoms with E-state index in [1.54, 1.807) is 0 Å². The molecule has 0 aromatic heterocycles. The quantitative estimate of drug-likeness (QED) is 0.0200. The second-order valence-corrected chi connectivity index (χ2v) is 16.7. The van der Waals surface area contributed by atoms with Crippen LogP contribution in [0.25, 0.3) is 0 Å². The van der Waals surface area contributed by atoms with E-state index in [0.717, 1.165) is 64.2 Å². The number of aliphatic hydroxyl groups excluding tert-OH is 3. The van der Waals surface area contributed by atoms with Gasteiger partial charge in [0, 0.05) is 13.0 Å². The van der Waals surface area contributed by atoms with E-state index in [4.69, 9.17) is 23.5 Å². The molecule has 6 unspecified atom stereocenters. The molecule has 13 heteroatoms. The molecule has 6 atom stereocenters. The minimum absolute atomic E-state index is 0.0306. The monoisotopic (exact) mass is 835 g/mol. The predicted octanol–water partition coefficient (Wildman–Crippen LogP) is 9.24. The summed E-state index contributed by atoms with van der Waals surface area (Å²) in [4.78, 5) is 12.8. The summed E-state index contributed by atoms with van der Waals surface area (Å²) in [5.41, 5.74) is 0. The van der Waals surface area contributed by atoms with Crippen LogP contribution in [0.3, 0.4) is 0 Å². The molecule has 336 valence electrons. The number of carbonyl (C=O) groups is 1. The van der Waals surface area contributed by atoms with Crippen molar-refractivity contribution in [2.45, 2.75) is 224 Å². The van der Waals surface area contributed by atoms with Crippen LogP contribution >= 0.6 is 0 Å². The van der Waals surface area contributed by atoms with E-state index in [1.807, 2.05) is 0 Å². The third-order valence-corrected chi connectivity index (χ3v) is 10.8. The Morgan fingerprint density at radius 3 is 1.60 bits per heavy atom. The fraction of sp³-hybridized carbons (Fsp3) is 0.886. The molecule has 0 saturated carbocycles. The van der Waals surface area contributed by atoms with Gasteiger partial charge < -0.3 is 34.3 Å². The van der Waals surface area contributed by atoms with Gasteiger partial charge in [-0.15, -0.1) is 0 Å². The van der Waals surface area contributed by atoms with Crippen molar-refractivity contribution in [1.29, 1.82) is 0 Å². The van der Waals surface area contributed by atoms with E-state index in [9.17, 15) is 28.5 Å². The summed E-state index contributed by atoms with van der Waals surface area (Å²) >= 11 is 0. The normalized spacial score (nSPS) is 20.8. The number of hydrogen-bond donors (Lipinski definition) is 4. The molecule has 0 aromatic carbocycles. The fourth-order valence-corrected chi connectivity index (χ4v) is 7.35. The Kier molecular flexibility index (Phi) is 34.3. The average Bonchev–Trinajstić information content (AvgIpc) is 3.18. The van der Waals surface area contributed by atoms with Crippen LogP contribution in [0, 0.1) is 0 Å². The maximum atomic E-state index is 12.8. The largest absolute Gasteiger partial charge is 0.457 e. The zero-order chi connectivity index (χ0) is 41.8. The molecule has 1 rings (SSSR count). The van der Waals surface area contributed by atoms with Gasteiger partial charge in [0.25, 0.3) is 0 Å². The highest BCUT2D eigenvalue weighted by Gasteiger charge is 2.48. The van der Waals surface area contributed by atoms with Crippen molar-refractivity contribution < 1.29 is 56.2 Å². The van der Waals surface area contributed by atoms with Crippen molar-refractivity contribution in [2.24, 2.45) is 0 Å². The molecule has 1 aliphatic rings. The van der Waals surface area contributed by atoms with Gasteiger partial charge in [-0.2, -0.15) is 8.42 Å². The third kappa shape index (κ3) is 30.3. The van der Waals surface area contributed by atoms with Crippen LogP contribution in [-0.2, 0) is 38.3 Å². The highest BCUT2D eigenvalue weighted by molar-refractivity contribution is 7.80. The number of aliphatic hydroxyl groups is 3. The van der Waals surface area contributed by atoms with Crippen LogP contribution in [-0.4, -0.2) is 97.5 Å². The summed E-state index contributed by atoms with van der Waals surface area (Å²) in [5, 5.41) is 30.6. The second kappa shape index (κ2) is 36.4. The molecule has 0 bridgehead atoms. The highest BCUT2D eigenvalue weighted by atomic mass is 32.3. The molecule has 12 nitrogen and oxygen atoms in total. The molecule has 4 N–H and O–H groups in total. The fourth-order valence-electron chi connectivity index (χ4n) is 6.84. The highest BCUT2D eigenvalue weighted by Crippen LogP contribution is 2.26. The number of hydrogen-bond acceptors (Lipinski definition) is 11. The van der Waals surface area contributed by atoms with Crippen LogP contribution in [0.4, 0.5) is 0 Å². The molecule has 1 saturated heterocycles. The van der Waals surface area contributed by atoms with Gasteiger partial charge in [0.2, 0.25) is 0 Å². The first kappa shape index (κ1) is 53.6. The van der Waals surface area contributed by atoms with Crippen molar-refractivity contribution in [3.05, 3.63) is 24.3 Å². The van der Waals surface area contributed by atoms with Crippen molar-refractivity contribution in [3.63, 3.8) is 0 Å². The van der Waals surface area contributed by atoms with Crippen LogP contribution in [0.5, 0.6) is 0 Å². The lowest BCUT2D eigenvalue weighted by Crippen LogP contribution is -2.60. The standard InChI is InChI=1S/C44H82O12S/c1-3-5-7-9-11-13-15-17-19-20-21-23-25-27-29-31-33-40(46)54-38(36-52-34-32-30-28-26-24-22-18-16-14-12-10-8-6-4-2)37-53-44-42(48)43(56-57(49,50)51)41(47)39(35-45)55-44/h14,16,19-20,38-39,41-45,47-48H,3-13,15,17-18,21-37H2,1-2H3,(H,49,50,51)/b16-14-,20-19-. The van der Waals surface area contributed by atoms with Crippen LogP contribution in [0.1, 0.15) is 187 Å². The SMILES string of the molecule is CCCCCC/C=C\CCCCCCCCOCC(COC1OC(CO)C(O)C(OS(=O)(=O)O)C1O)OC(=O)CCCCCCC/C=C\CCCCCCCCC. The predicted molar refractivity (Wildman–Crippen MR) is 225 cm³/mol. The maximum absolute atomic E-state index is 12.8. The second-order valence-electron chi connectivity index (χ2n) is 15.6. The molecular formula is C44H82O12S. The van der Waals surface area contributed by atoms with Gasteiger partial charge in [-0.3, -0.25) is 9.35 Å². The Bertz CT molecular complexity index is 1100. The summed E-state index contributed by atoms with van der Waals surface area (Å²) in [6.45, 7) is 3.95. The number of unbranched alkanes of at least 4 members (excludes halogenated alkanes) is 22. The van der Waals surface area contributed by atoms with E-state index in [2.05, 4.69) is 42.3 Å². The van der Waals surface area contributed by atoms with Crippen molar-refractivity contribution >= 4 is 16.4 Å². The minimum Gasteiger partial charge on any atom is -0.457 e. The van der Waals surface area contributed by atoms with Gasteiger partial charge in [0.15, 0.2) is 6.29 Å². The first-order chi connectivity index (χ1) is 27.6. The van der Waals surface area contributed by atoms with Crippen molar-refractivity contribution in [2.75, 3.05) is 26.4 Å². The number of ether oxygens (including phenoxy) is 4. The molecule has 0 spiro atoms. The lowest BCUT2D eigenvalue weighted by molar-refractivity contribution is -0.301.